The third kappa shape index (κ3) is 8.50. The van der Waals surface area contributed by atoms with Gasteiger partial charge in [-0.2, -0.15) is 0 Å². The van der Waals surface area contributed by atoms with Crippen LogP contribution in [0.15, 0.2) is 0 Å². The zero-order valence-corrected chi connectivity index (χ0v) is 18.9. The molecule has 0 bridgehead atoms. The maximum Gasteiger partial charge on any atom is 0.0674 e. The van der Waals surface area contributed by atoms with Gasteiger partial charge < -0.3 is 9.64 Å². The van der Waals surface area contributed by atoms with Crippen molar-refractivity contribution < 1.29 is 4.74 Å². The fraction of sp³-hybridized carbons (Fsp3) is 1.00. The smallest absolute Gasteiger partial charge is 0.0674 e. The van der Waals surface area contributed by atoms with Crippen LogP contribution in [0.3, 0.4) is 0 Å². The van der Waals surface area contributed by atoms with Gasteiger partial charge in [0.1, 0.15) is 0 Å². The number of alkyl halides is 1. The molecule has 1 fully saturated rings. The van der Waals surface area contributed by atoms with Crippen molar-refractivity contribution >= 4 is 22.6 Å². The summed E-state index contributed by atoms with van der Waals surface area (Å²) in [4.78, 5) is 5.25. The summed E-state index contributed by atoms with van der Waals surface area (Å²) in [6.07, 6.45) is 1.52. The molecule has 23 heavy (non-hydrogen) atoms. The molecule has 3 nitrogen and oxygen atoms in total. The van der Waals surface area contributed by atoms with Gasteiger partial charge >= 0.3 is 0 Å². The highest BCUT2D eigenvalue weighted by Crippen LogP contribution is 2.35. The summed E-state index contributed by atoms with van der Waals surface area (Å²) >= 11 is 2.56. The van der Waals surface area contributed by atoms with Gasteiger partial charge in [0.05, 0.1) is 16.3 Å². The lowest BCUT2D eigenvalue weighted by molar-refractivity contribution is -0.00546. The molecule has 0 N–H and O–H groups in total. The zero-order chi connectivity index (χ0) is 17.9. The fourth-order valence-corrected chi connectivity index (χ4v) is 4.32. The topological polar surface area (TPSA) is 15.7 Å². The van der Waals surface area contributed by atoms with E-state index in [0.29, 0.717) is 11.5 Å². The Morgan fingerprint density at radius 1 is 0.913 bits per heavy atom. The zero-order valence-electron chi connectivity index (χ0n) is 16.7. The van der Waals surface area contributed by atoms with E-state index in [9.17, 15) is 0 Å². The molecule has 0 aromatic carbocycles. The number of hydrogen-bond donors (Lipinski definition) is 0. The van der Waals surface area contributed by atoms with Gasteiger partial charge in [-0.15, -0.1) is 0 Å². The minimum Gasteiger partial charge on any atom is -0.378 e. The maximum absolute atomic E-state index is 5.87. The molecule has 1 aliphatic heterocycles. The Morgan fingerprint density at radius 3 is 1.87 bits per heavy atom. The minimum atomic E-state index is 0.236. The second-order valence-corrected chi connectivity index (χ2v) is 12.2. The van der Waals surface area contributed by atoms with Crippen LogP contribution in [0.5, 0.6) is 0 Å². The summed E-state index contributed by atoms with van der Waals surface area (Å²) in [5.41, 5.74) is 0.561. The second-order valence-electron chi connectivity index (χ2n) is 9.54. The first-order valence-corrected chi connectivity index (χ1v) is 10.2. The van der Waals surface area contributed by atoms with E-state index in [4.69, 9.17) is 4.74 Å². The van der Waals surface area contributed by atoms with Crippen LogP contribution < -0.4 is 0 Å². The van der Waals surface area contributed by atoms with Crippen molar-refractivity contribution in [1.29, 1.82) is 0 Å². The number of hydrogen-bond acceptors (Lipinski definition) is 3. The average molecular weight is 438 g/mol. The molecular weight excluding hydrogens is 399 g/mol. The lowest BCUT2D eigenvalue weighted by atomic mass is 9.75. The highest BCUT2D eigenvalue weighted by molar-refractivity contribution is 14.1. The van der Waals surface area contributed by atoms with E-state index in [-0.39, 0.29) is 8.96 Å². The summed E-state index contributed by atoms with van der Waals surface area (Å²) in [5.74, 6) is 0. The number of rotatable bonds is 8. The van der Waals surface area contributed by atoms with E-state index in [1.807, 2.05) is 0 Å². The Labute approximate surface area is 158 Å². The van der Waals surface area contributed by atoms with E-state index in [2.05, 4.69) is 87.8 Å². The van der Waals surface area contributed by atoms with E-state index in [1.165, 1.54) is 39.1 Å². The van der Waals surface area contributed by atoms with Gasteiger partial charge in [0.2, 0.25) is 0 Å². The van der Waals surface area contributed by atoms with Crippen molar-refractivity contribution in [2.45, 2.75) is 71.5 Å². The summed E-state index contributed by atoms with van der Waals surface area (Å²) in [5, 5.41) is 0. The maximum atomic E-state index is 5.87. The fourth-order valence-electron chi connectivity index (χ4n) is 3.84. The number of ether oxygens (including phenoxy) is 1. The lowest BCUT2D eigenvalue weighted by Gasteiger charge is -2.44. The molecule has 0 aliphatic carbocycles. The summed E-state index contributed by atoms with van der Waals surface area (Å²) in [6, 6.07) is 0. The van der Waals surface area contributed by atoms with Crippen LogP contribution in [-0.2, 0) is 4.74 Å². The monoisotopic (exact) mass is 438 g/mol. The van der Waals surface area contributed by atoms with Gasteiger partial charge in [-0.25, -0.2) is 0 Å². The Bertz CT molecular complexity index is 353. The van der Waals surface area contributed by atoms with Crippen molar-refractivity contribution in [3.63, 3.8) is 0 Å². The third-order valence-corrected chi connectivity index (χ3v) is 5.22. The Balaban J connectivity index is 2.46. The number of halogens is 1. The largest absolute Gasteiger partial charge is 0.378 e. The predicted molar refractivity (Wildman–Crippen MR) is 109 cm³/mol. The van der Waals surface area contributed by atoms with Crippen molar-refractivity contribution in [2.24, 2.45) is 10.8 Å². The standard InChI is InChI=1S/C19H39IN2O/c1-16(2)23-15-18(5,6)13-17(3,4)14-21-9-11-22(12-10-21)19(7,8)20/h16H,9-15H2,1-8H3. The molecule has 0 atom stereocenters. The van der Waals surface area contributed by atoms with Crippen LogP contribution >= 0.6 is 22.6 Å². The molecule has 0 aromatic heterocycles. The first-order valence-electron chi connectivity index (χ1n) is 9.09. The molecule has 0 radical (unpaired) electrons. The van der Waals surface area contributed by atoms with Gasteiger partial charge in [0.25, 0.3) is 0 Å². The van der Waals surface area contributed by atoms with E-state index in [0.717, 1.165) is 6.61 Å². The molecular formula is C19H39IN2O. The van der Waals surface area contributed by atoms with Crippen molar-refractivity contribution in [3.05, 3.63) is 0 Å². The van der Waals surface area contributed by atoms with E-state index >= 15 is 0 Å². The molecule has 1 aliphatic rings. The first kappa shape index (κ1) is 21.7. The van der Waals surface area contributed by atoms with Gasteiger partial charge in [0.15, 0.2) is 0 Å². The van der Waals surface area contributed by atoms with Crippen molar-refractivity contribution in [3.8, 4) is 0 Å². The van der Waals surface area contributed by atoms with Gasteiger partial charge in [-0.3, -0.25) is 4.90 Å². The SMILES string of the molecule is CC(C)OCC(C)(C)CC(C)(C)CN1CCN(C(C)(C)I)CC1. The number of piperazine rings is 1. The van der Waals surface area contributed by atoms with Crippen LogP contribution in [0.1, 0.15) is 61.8 Å². The Morgan fingerprint density at radius 2 is 1.43 bits per heavy atom. The van der Waals surface area contributed by atoms with Gasteiger partial charge in [0, 0.05) is 32.7 Å². The van der Waals surface area contributed by atoms with Crippen LogP contribution in [0.4, 0.5) is 0 Å². The second kappa shape index (κ2) is 8.33. The molecule has 0 amide bonds. The summed E-state index contributed by atoms with van der Waals surface area (Å²) < 4.78 is 6.15. The van der Waals surface area contributed by atoms with E-state index in [1.54, 1.807) is 0 Å². The first-order chi connectivity index (χ1) is 10.3. The Hall–Kier alpha value is 0.610. The normalized spacial score (nSPS) is 19.6. The molecule has 0 unspecified atom stereocenters. The molecule has 0 saturated carbocycles. The molecule has 138 valence electrons. The van der Waals surface area contributed by atoms with Crippen molar-refractivity contribution in [1.82, 2.24) is 9.80 Å². The lowest BCUT2D eigenvalue weighted by Crippen LogP contribution is -2.53. The number of nitrogens with zero attached hydrogens (tertiary/aromatic N) is 2. The van der Waals surface area contributed by atoms with Gasteiger partial charge in [-0.05, 0) is 44.9 Å². The molecule has 1 saturated heterocycles. The van der Waals surface area contributed by atoms with Gasteiger partial charge in [-0.1, -0.05) is 50.3 Å². The summed E-state index contributed by atoms with van der Waals surface area (Å²) in [7, 11) is 0. The van der Waals surface area contributed by atoms with Crippen LogP contribution in [0.25, 0.3) is 0 Å². The summed E-state index contributed by atoms with van der Waals surface area (Å²) in [6.45, 7) is 25.2. The highest BCUT2D eigenvalue weighted by Gasteiger charge is 2.33. The minimum absolute atomic E-state index is 0.236. The third-order valence-electron chi connectivity index (χ3n) is 4.54. The molecule has 0 spiro atoms. The molecule has 1 heterocycles. The van der Waals surface area contributed by atoms with Crippen LogP contribution in [0, 0.1) is 10.8 Å². The van der Waals surface area contributed by atoms with Crippen LogP contribution in [0.2, 0.25) is 0 Å². The predicted octanol–water partition coefficient (Wildman–Crippen LogP) is 4.64. The molecule has 1 rings (SSSR count). The van der Waals surface area contributed by atoms with E-state index < -0.39 is 0 Å². The molecule has 0 aromatic rings. The Kier molecular flexibility index (Phi) is 7.84. The quantitative estimate of drug-likeness (QED) is 0.312. The van der Waals surface area contributed by atoms with Crippen LogP contribution in [-0.4, -0.2) is 58.8 Å². The molecule has 4 heteroatoms. The highest BCUT2D eigenvalue weighted by atomic mass is 127. The average Bonchev–Trinajstić information content (AvgIpc) is 2.34. The van der Waals surface area contributed by atoms with Crippen molar-refractivity contribution in [2.75, 3.05) is 39.3 Å².